The number of Topliss-reactive ketones (excluding diaryl/α,β-unsaturated/α-hetero) is 1. The molecule has 1 N–H and O–H groups in total. The van der Waals surface area contributed by atoms with Crippen LogP contribution in [0.3, 0.4) is 0 Å². The van der Waals surface area contributed by atoms with Crippen LogP contribution in [0.15, 0.2) is 72.6 Å². The maximum absolute atomic E-state index is 13.1. The first-order valence-corrected chi connectivity index (χ1v) is 9.91. The zero-order chi connectivity index (χ0) is 22.1. The summed E-state index contributed by atoms with van der Waals surface area (Å²) in [6, 6.07) is 14.7. The fraction of sp³-hybridized carbons (Fsp3) is 0.125. The van der Waals surface area contributed by atoms with Crippen molar-refractivity contribution in [3.63, 3.8) is 0 Å². The number of hydrogen-bond donors (Lipinski definition) is 1. The molecule has 0 aliphatic carbocycles. The van der Waals surface area contributed by atoms with Gasteiger partial charge in [-0.15, -0.1) is 0 Å². The Kier molecular flexibility index (Phi) is 5.48. The predicted octanol–water partition coefficient (Wildman–Crippen LogP) is 4.68. The molecule has 156 valence electrons. The van der Waals surface area contributed by atoms with E-state index in [0.717, 1.165) is 5.56 Å². The largest absolute Gasteiger partial charge is 0.507 e. The number of hydrogen-bond acceptors (Lipinski definition) is 5. The molecule has 6 nitrogen and oxygen atoms in total. The summed E-state index contributed by atoms with van der Waals surface area (Å²) < 4.78 is 5.20. The van der Waals surface area contributed by atoms with Gasteiger partial charge in [0.25, 0.3) is 11.7 Å². The van der Waals surface area contributed by atoms with E-state index in [2.05, 4.69) is 4.98 Å². The van der Waals surface area contributed by atoms with Crippen LogP contribution >= 0.6 is 11.6 Å². The van der Waals surface area contributed by atoms with Gasteiger partial charge in [0, 0.05) is 23.6 Å². The third kappa shape index (κ3) is 3.66. The lowest BCUT2D eigenvalue weighted by Crippen LogP contribution is -2.29. The van der Waals surface area contributed by atoms with Crippen molar-refractivity contribution >= 4 is 34.7 Å². The van der Waals surface area contributed by atoms with Crippen LogP contribution in [0.25, 0.3) is 5.76 Å². The summed E-state index contributed by atoms with van der Waals surface area (Å²) in [5, 5.41) is 11.3. The number of ketones is 1. The van der Waals surface area contributed by atoms with E-state index in [-0.39, 0.29) is 11.3 Å². The third-order valence-corrected chi connectivity index (χ3v) is 5.46. The summed E-state index contributed by atoms with van der Waals surface area (Å²) in [6.07, 6.45) is 3.02. The van der Waals surface area contributed by atoms with Gasteiger partial charge in [-0.05, 0) is 42.8 Å². The minimum absolute atomic E-state index is 0.00809. The van der Waals surface area contributed by atoms with Crippen LogP contribution in [-0.4, -0.2) is 28.9 Å². The van der Waals surface area contributed by atoms with Gasteiger partial charge in [0.05, 0.1) is 23.7 Å². The molecule has 0 radical (unpaired) electrons. The van der Waals surface area contributed by atoms with Crippen LogP contribution in [0.5, 0.6) is 5.75 Å². The Morgan fingerprint density at radius 2 is 1.84 bits per heavy atom. The highest BCUT2D eigenvalue weighted by Gasteiger charge is 2.47. The number of benzene rings is 2. The Morgan fingerprint density at radius 1 is 1.10 bits per heavy atom. The molecular weight excluding hydrogens is 416 g/mol. The molecule has 1 amide bonds. The molecule has 1 aliphatic heterocycles. The van der Waals surface area contributed by atoms with Gasteiger partial charge >= 0.3 is 0 Å². The van der Waals surface area contributed by atoms with Gasteiger partial charge in [0.15, 0.2) is 0 Å². The molecule has 2 aromatic carbocycles. The number of aromatic nitrogens is 1. The number of aliphatic hydroxyl groups is 1. The van der Waals surface area contributed by atoms with E-state index in [1.165, 1.54) is 24.4 Å². The number of anilines is 1. The maximum Gasteiger partial charge on any atom is 0.300 e. The lowest BCUT2D eigenvalue weighted by Gasteiger charge is -2.26. The highest BCUT2D eigenvalue weighted by molar-refractivity contribution is 6.51. The molecule has 1 aromatic heterocycles. The van der Waals surface area contributed by atoms with Crippen LogP contribution in [-0.2, 0) is 9.59 Å². The molecule has 1 saturated heterocycles. The average molecular weight is 435 g/mol. The zero-order valence-electron chi connectivity index (χ0n) is 16.9. The van der Waals surface area contributed by atoms with Crippen molar-refractivity contribution in [1.29, 1.82) is 0 Å². The standard InChI is InChI=1S/C24H19ClN2O4/c1-14-4-3-5-16(12-14)21-20(22(28)15-8-10-26-11-9-15)23(29)24(30)27(21)17-6-7-19(31-2)18(25)13-17/h3-13,21,28H,1-2H3/b22-20+. The van der Waals surface area contributed by atoms with E-state index in [1.807, 2.05) is 31.2 Å². The Labute approximate surface area is 184 Å². The van der Waals surface area contributed by atoms with E-state index in [4.69, 9.17) is 16.3 Å². The van der Waals surface area contributed by atoms with Crippen molar-refractivity contribution in [1.82, 2.24) is 4.98 Å². The second kappa shape index (κ2) is 8.24. The normalized spacial score (nSPS) is 17.8. The van der Waals surface area contributed by atoms with E-state index in [1.54, 1.807) is 30.3 Å². The lowest BCUT2D eigenvalue weighted by molar-refractivity contribution is -0.132. The van der Waals surface area contributed by atoms with Crippen LogP contribution in [0.1, 0.15) is 22.7 Å². The van der Waals surface area contributed by atoms with Crippen LogP contribution in [0, 0.1) is 6.92 Å². The number of carbonyl (C=O) groups is 2. The van der Waals surface area contributed by atoms with E-state index < -0.39 is 17.7 Å². The van der Waals surface area contributed by atoms with Gasteiger partial charge in [0.2, 0.25) is 0 Å². The van der Waals surface area contributed by atoms with E-state index in [9.17, 15) is 14.7 Å². The van der Waals surface area contributed by atoms with Crippen molar-refractivity contribution in [2.75, 3.05) is 12.0 Å². The number of pyridine rings is 1. The van der Waals surface area contributed by atoms with Crippen molar-refractivity contribution in [3.05, 3.63) is 94.3 Å². The van der Waals surface area contributed by atoms with Gasteiger partial charge in [-0.2, -0.15) is 0 Å². The number of aliphatic hydroxyl groups excluding tert-OH is 1. The molecule has 2 heterocycles. The third-order valence-electron chi connectivity index (χ3n) is 5.17. The Morgan fingerprint density at radius 3 is 2.48 bits per heavy atom. The van der Waals surface area contributed by atoms with E-state index in [0.29, 0.717) is 27.6 Å². The summed E-state index contributed by atoms with van der Waals surface area (Å²) in [5.74, 6) is -1.32. The van der Waals surface area contributed by atoms with Crippen molar-refractivity contribution in [3.8, 4) is 5.75 Å². The summed E-state index contributed by atoms with van der Waals surface area (Å²) in [6.45, 7) is 1.92. The number of aryl methyl sites for hydroxylation is 1. The van der Waals surface area contributed by atoms with Gasteiger partial charge in [-0.1, -0.05) is 41.4 Å². The summed E-state index contributed by atoms with van der Waals surface area (Å²) >= 11 is 6.29. The van der Waals surface area contributed by atoms with Gasteiger partial charge in [-0.25, -0.2) is 0 Å². The lowest BCUT2D eigenvalue weighted by atomic mass is 9.94. The zero-order valence-corrected chi connectivity index (χ0v) is 17.6. The fourth-order valence-corrected chi connectivity index (χ4v) is 3.98. The number of halogens is 1. The van der Waals surface area contributed by atoms with Crippen LogP contribution < -0.4 is 9.64 Å². The minimum atomic E-state index is -0.822. The van der Waals surface area contributed by atoms with Gasteiger partial charge in [-0.3, -0.25) is 19.5 Å². The van der Waals surface area contributed by atoms with Crippen LogP contribution in [0.2, 0.25) is 5.02 Å². The maximum atomic E-state index is 13.1. The van der Waals surface area contributed by atoms with Gasteiger partial charge in [0.1, 0.15) is 11.5 Å². The average Bonchev–Trinajstić information content (AvgIpc) is 3.04. The summed E-state index contributed by atoms with van der Waals surface area (Å²) in [7, 11) is 1.49. The smallest absolute Gasteiger partial charge is 0.300 e. The summed E-state index contributed by atoms with van der Waals surface area (Å²) in [4.78, 5) is 31.5. The minimum Gasteiger partial charge on any atom is -0.507 e. The number of ether oxygens (including phenoxy) is 1. The van der Waals surface area contributed by atoms with Crippen molar-refractivity contribution < 1.29 is 19.4 Å². The molecule has 0 saturated carbocycles. The molecule has 1 fully saturated rings. The highest BCUT2D eigenvalue weighted by atomic mass is 35.5. The number of nitrogens with zero attached hydrogens (tertiary/aromatic N) is 2. The molecule has 1 aliphatic rings. The SMILES string of the molecule is COc1ccc(N2C(=O)C(=O)/C(=C(/O)c3ccncc3)C2c2cccc(C)c2)cc1Cl. The first-order chi connectivity index (χ1) is 14.9. The topological polar surface area (TPSA) is 79.7 Å². The monoisotopic (exact) mass is 434 g/mol. The predicted molar refractivity (Wildman–Crippen MR) is 118 cm³/mol. The molecule has 3 aromatic rings. The summed E-state index contributed by atoms with van der Waals surface area (Å²) in [5.41, 5.74) is 2.49. The number of amides is 1. The molecule has 1 atom stereocenters. The first-order valence-electron chi connectivity index (χ1n) is 9.54. The highest BCUT2D eigenvalue weighted by Crippen LogP contribution is 2.43. The Bertz CT molecular complexity index is 1210. The molecular formula is C24H19ClN2O4. The Balaban J connectivity index is 1.95. The second-order valence-electron chi connectivity index (χ2n) is 7.14. The number of methoxy groups -OCH3 is 1. The first kappa shape index (κ1) is 20.6. The number of rotatable bonds is 4. The molecule has 1 unspecified atom stereocenters. The molecule has 31 heavy (non-hydrogen) atoms. The van der Waals surface area contributed by atoms with E-state index >= 15 is 0 Å². The molecule has 0 spiro atoms. The van der Waals surface area contributed by atoms with Crippen molar-refractivity contribution in [2.45, 2.75) is 13.0 Å². The molecule has 0 bridgehead atoms. The van der Waals surface area contributed by atoms with Gasteiger partial charge < -0.3 is 9.84 Å². The Hall–Kier alpha value is -3.64. The fourth-order valence-electron chi connectivity index (χ4n) is 3.72. The second-order valence-corrected chi connectivity index (χ2v) is 7.55. The number of carbonyl (C=O) groups excluding carboxylic acids is 2. The van der Waals surface area contributed by atoms with Crippen molar-refractivity contribution in [2.24, 2.45) is 0 Å². The molecule has 4 rings (SSSR count). The molecule has 7 heteroatoms. The van der Waals surface area contributed by atoms with Crippen LogP contribution in [0.4, 0.5) is 5.69 Å². The quantitative estimate of drug-likeness (QED) is 0.366.